The molecule has 0 spiro atoms. The molecule has 0 bridgehead atoms. The van der Waals surface area contributed by atoms with Crippen LogP contribution < -0.4 is 5.73 Å². The van der Waals surface area contributed by atoms with Gasteiger partial charge in [0.25, 0.3) is 0 Å². The summed E-state index contributed by atoms with van der Waals surface area (Å²) in [7, 11) is 0. The van der Waals surface area contributed by atoms with Gasteiger partial charge in [0.05, 0.1) is 0 Å². The Bertz CT molecular complexity index is 147. The van der Waals surface area contributed by atoms with Crippen LogP contribution in [0.25, 0.3) is 0 Å². The molecule has 1 fully saturated rings. The van der Waals surface area contributed by atoms with E-state index in [9.17, 15) is 0 Å². The van der Waals surface area contributed by atoms with Crippen LogP contribution in [-0.4, -0.2) is 5.54 Å². The van der Waals surface area contributed by atoms with Gasteiger partial charge in [-0.2, -0.15) is 0 Å². The maximum Gasteiger partial charge on any atom is 0.0203 e. The minimum atomic E-state index is 0.0907. The highest BCUT2D eigenvalue weighted by molar-refractivity contribution is 4.95. The van der Waals surface area contributed by atoms with Gasteiger partial charge in [0.2, 0.25) is 0 Å². The maximum atomic E-state index is 6.51. The average Bonchev–Trinajstić information content (AvgIpc) is 1.94. The molecular formula is C12H25N. The quantitative estimate of drug-likeness (QED) is 0.611. The molecule has 1 nitrogen and oxygen atoms in total. The second kappa shape index (κ2) is 4.00. The summed E-state index contributed by atoms with van der Waals surface area (Å²) in [5.41, 5.74) is 6.86. The van der Waals surface area contributed by atoms with Gasteiger partial charge < -0.3 is 5.73 Å². The Morgan fingerprint density at radius 1 is 0.846 bits per heavy atom. The SMILES string of the molecule is CC(C)(C)C1(N)CCCCCCC1. The third-order valence-corrected chi connectivity index (χ3v) is 3.74. The van der Waals surface area contributed by atoms with Crippen molar-refractivity contribution in [1.82, 2.24) is 0 Å². The molecule has 0 aromatic rings. The molecule has 0 amide bonds. The van der Waals surface area contributed by atoms with Crippen LogP contribution in [-0.2, 0) is 0 Å². The van der Waals surface area contributed by atoms with Crippen LogP contribution in [0.5, 0.6) is 0 Å². The Balaban J connectivity index is 2.62. The van der Waals surface area contributed by atoms with Gasteiger partial charge in [-0.1, -0.05) is 52.9 Å². The Morgan fingerprint density at radius 3 is 1.62 bits per heavy atom. The fraction of sp³-hybridized carbons (Fsp3) is 1.00. The molecule has 0 saturated heterocycles. The first-order chi connectivity index (χ1) is 5.96. The number of hydrogen-bond donors (Lipinski definition) is 1. The van der Waals surface area contributed by atoms with Crippen molar-refractivity contribution in [3.63, 3.8) is 0 Å². The van der Waals surface area contributed by atoms with Crippen LogP contribution in [0.1, 0.15) is 65.7 Å². The highest BCUT2D eigenvalue weighted by Crippen LogP contribution is 2.38. The number of nitrogens with two attached hydrogens (primary N) is 1. The van der Waals surface area contributed by atoms with Crippen LogP contribution in [0.15, 0.2) is 0 Å². The zero-order valence-corrected chi connectivity index (χ0v) is 9.53. The average molecular weight is 183 g/mol. The van der Waals surface area contributed by atoms with Crippen LogP contribution in [0, 0.1) is 5.41 Å². The first kappa shape index (κ1) is 11.0. The zero-order valence-electron chi connectivity index (χ0n) is 9.53. The minimum absolute atomic E-state index is 0.0907. The first-order valence-electron chi connectivity index (χ1n) is 5.75. The molecule has 78 valence electrons. The molecule has 2 N–H and O–H groups in total. The van der Waals surface area contributed by atoms with E-state index in [1.54, 1.807) is 0 Å². The molecular weight excluding hydrogens is 158 g/mol. The standard InChI is InChI=1S/C12H25N/c1-11(2,3)12(13)9-7-5-4-6-8-10-12/h4-10,13H2,1-3H3. The summed E-state index contributed by atoms with van der Waals surface area (Å²) in [6.07, 6.45) is 9.28. The van der Waals surface area contributed by atoms with Gasteiger partial charge in [0.15, 0.2) is 0 Å². The van der Waals surface area contributed by atoms with Gasteiger partial charge in [0.1, 0.15) is 0 Å². The zero-order chi connectivity index (χ0) is 9.95. The summed E-state index contributed by atoms with van der Waals surface area (Å²) in [4.78, 5) is 0. The third-order valence-electron chi connectivity index (χ3n) is 3.74. The van der Waals surface area contributed by atoms with Crippen LogP contribution in [0.3, 0.4) is 0 Å². The van der Waals surface area contributed by atoms with Gasteiger partial charge in [-0.15, -0.1) is 0 Å². The van der Waals surface area contributed by atoms with Crippen molar-refractivity contribution in [3.8, 4) is 0 Å². The van der Waals surface area contributed by atoms with Crippen molar-refractivity contribution in [2.24, 2.45) is 11.1 Å². The maximum absolute atomic E-state index is 6.51. The van der Waals surface area contributed by atoms with Crippen molar-refractivity contribution >= 4 is 0 Å². The summed E-state index contributed by atoms with van der Waals surface area (Å²) < 4.78 is 0. The third kappa shape index (κ3) is 2.70. The largest absolute Gasteiger partial charge is 0.325 e. The molecule has 0 radical (unpaired) electrons. The van der Waals surface area contributed by atoms with Crippen molar-refractivity contribution in [1.29, 1.82) is 0 Å². The van der Waals surface area contributed by atoms with Crippen molar-refractivity contribution < 1.29 is 0 Å². The Morgan fingerprint density at radius 2 is 1.23 bits per heavy atom. The van der Waals surface area contributed by atoms with Gasteiger partial charge in [-0.25, -0.2) is 0 Å². The fourth-order valence-corrected chi connectivity index (χ4v) is 2.29. The highest BCUT2D eigenvalue weighted by atomic mass is 14.8. The minimum Gasteiger partial charge on any atom is -0.325 e. The van der Waals surface area contributed by atoms with E-state index in [0.717, 1.165) is 0 Å². The van der Waals surface area contributed by atoms with Crippen molar-refractivity contribution in [2.45, 2.75) is 71.3 Å². The van der Waals surface area contributed by atoms with E-state index in [-0.39, 0.29) is 11.0 Å². The van der Waals surface area contributed by atoms with Gasteiger partial charge >= 0.3 is 0 Å². The fourth-order valence-electron chi connectivity index (χ4n) is 2.29. The molecule has 0 aromatic heterocycles. The Labute approximate surface area is 83.1 Å². The predicted molar refractivity (Wildman–Crippen MR) is 58.7 cm³/mol. The lowest BCUT2D eigenvalue weighted by Gasteiger charge is -2.43. The summed E-state index contributed by atoms with van der Waals surface area (Å²) in [5, 5.41) is 0. The van der Waals surface area contributed by atoms with Gasteiger partial charge in [0, 0.05) is 5.54 Å². The van der Waals surface area contributed by atoms with Gasteiger partial charge in [-0.3, -0.25) is 0 Å². The lowest BCUT2D eigenvalue weighted by molar-refractivity contribution is 0.146. The lowest BCUT2D eigenvalue weighted by Crippen LogP contribution is -2.51. The summed E-state index contributed by atoms with van der Waals surface area (Å²) in [6, 6.07) is 0. The molecule has 1 rings (SSSR count). The smallest absolute Gasteiger partial charge is 0.0203 e. The van der Waals surface area contributed by atoms with E-state index in [2.05, 4.69) is 20.8 Å². The van der Waals surface area contributed by atoms with Crippen LogP contribution in [0.2, 0.25) is 0 Å². The summed E-state index contributed by atoms with van der Waals surface area (Å²) >= 11 is 0. The highest BCUT2D eigenvalue weighted by Gasteiger charge is 2.37. The normalized spacial score (nSPS) is 24.9. The predicted octanol–water partition coefficient (Wildman–Crippen LogP) is 3.47. The summed E-state index contributed by atoms with van der Waals surface area (Å²) in [6.45, 7) is 6.86. The van der Waals surface area contributed by atoms with Crippen molar-refractivity contribution in [2.75, 3.05) is 0 Å². The molecule has 0 atom stereocenters. The molecule has 1 saturated carbocycles. The first-order valence-corrected chi connectivity index (χ1v) is 5.75. The van der Waals surface area contributed by atoms with E-state index < -0.39 is 0 Å². The van der Waals surface area contributed by atoms with E-state index in [0.29, 0.717) is 0 Å². The van der Waals surface area contributed by atoms with E-state index in [1.807, 2.05) is 0 Å². The molecule has 1 heteroatoms. The molecule has 13 heavy (non-hydrogen) atoms. The van der Waals surface area contributed by atoms with Gasteiger partial charge in [-0.05, 0) is 18.3 Å². The summed E-state index contributed by atoms with van der Waals surface area (Å²) in [5.74, 6) is 0. The Hall–Kier alpha value is -0.0400. The van der Waals surface area contributed by atoms with E-state index in [1.165, 1.54) is 44.9 Å². The second-order valence-electron chi connectivity index (χ2n) is 5.67. The number of rotatable bonds is 0. The monoisotopic (exact) mass is 183 g/mol. The molecule has 0 heterocycles. The van der Waals surface area contributed by atoms with E-state index >= 15 is 0 Å². The topological polar surface area (TPSA) is 26.0 Å². The molecule has 0 unspecified atom stereocenters. The van der Waals surface area contributed by atoms with Crippen LogP contribution in [0.4, 0.5) is 0 Å². The molecule has 0 aromatic carbocycles. The molecule has 1 aliphatic carbocycles. The lowest BCUT2D eigenvalue weighted by atomic mass is 9.68. The second-order valence-corrected chi connectivity index (χ2v) is 5.67. The van der Waals surface area contributed by atoms with E-state index in [4.69, 9.17) is 5.73 Å². The molecule has 1 aliphatic rings. The van der Waals surface area contributed by atoms with Crippen molar-refractivity contribution in [3.05, 3.63) is 0 Å². The Kier molecular flexibility index (Phi) is 3.39. The van der Waals surface area contributed by atoms with Crippen LogP contribution >= 0.6 is 0 Å². The number of hydrogen-bond acceptors (Lipinski definition) is 1. The molecule has 0 aliphatic heterocycles.